The van der Waals surface area contributed by atoms with Crippen LogP contribution in [0.25, 0.3) is 0 Å². The van der Waals surface area contributed by atoms with Crippen LogP contribution in [0.5, 0.6) is 11.5 Å². The summed E-state index contributed by atoms with van der Waals surface area (Å²) in [5.41, 5.74) is 4.12. The van der Waals surface area contributed by atoms with Crippen LogP contribution in [0.2, 0.25) is 5.02 Å². The maximum absolute atomic E-state index is 12.9. The number of rotatable bonds is 13. The molecule has 9 nitrogen and oxygen atoms in total. The van der Waals surface area contributed by atoms with Crippen molar-refractivity contribution in [3.63, 3.8) is 0 Å². The average molecular weight is 665 g/mol. The Kier molecular flexibility index (Phi) is 12.1. The summed E-state index contributed by atoms with van der Waals surface area (Å²) in [7, 11) is 0. The first-order chi connectivity index (χ1) is 22.0. The van der Waals surface area contributed by atoms with E-state index >= 15 is 0 Å². The Hall–Kier alpha value is -3.41. The average Bonchev–Trinajstić information content (AvgIpc) is 3.59. The minimum absolute atomic E-state index is 0. The first-order valence-electron chi connectivity index (χ1n) is 15.6. The van der Waals surface area contributed by atoms with Crippen molar-refractivity contribution in [3.8, 4) is 11.5 Å². The Morgan fingerprint density at radius 3 is 2.54 bits per heavy atom. The number of halogens is 1. The summed E-state index contributed by atoms with van der Waals surface area (Å²) in [6.45, 7) is 5.15. The second-order valence-corrected chi connectivity index (χ2v) is 12.2. The molecule has 244 valence electrons. The largest absolute Gasteiger partial charge is 0.490 e. The summed E-state index contributed by atoms with van der Waals surface area (Å²) in [4.78, 5) is 25.5. The summed E-state index contributed by atoms with van der Waals surface area (Å²) in [6, 6.07) is 15.5. The Bertz CT molecular complexity index is 1530. The lowest BCUT2D eigenvalue weighted by atomic mass is 9.98. The van der Waals surface area contributed by atoms with Gasteiger partial charge in [-0.25, -0.2) is 4.98 Å². The number of aliphatic hydroxyl groups is 1. The van der Waals surface area contributed by atoms with Gasteiger partial charge in [-0.2, -0.15) is 13.5 Å². The molecule has 4 heterocycles. The Morgan fingerprint density at radius 1 is 1.02 bits per heavy atom. The van der Waals surface area contributed by atoms with E-state index in [-0.39, 0.29) is 32.0 Å². The molecule has 46 heavy (non-hydrogen) atoms. The molecule has 0 radical (unpaired) electrons. The van der Waals surface area contributed by atoms with Crippen LogP contribution >= 0.6 is 25.1 Å². The van der Waals surface area contributed by atoms with Crippen molar-refractivity contribution in [2.24, 2.45) is 0 Å². The van der Waals surface area contributed by atoms with Gasteiger partial charge in [0.2, 0.25) is 0 Å². The van der Waals surface area contributed by atoms with Crippen LogP contribution < -0.4 is 9.47 Å². The molecule has 2 aromatic heterocycles. The van der Waals surface area contributed by atoms with E-state index in [1.54, 1.807) is 6.20 Å². The predicted octanol–water partition coefficient (Wildman–Crippen LogP) is 5.84. The van der Waals surface area contributed by atoms with Crippen molar-refractivity contribution in [2.75, 3.05) is 26.2 Å². The Balaban J connectivity index is 0.00000417. The normalized spacial score (nSPS) is 16.3. The fraction of sp³-hybridized carbons (Fsp3) is 0.400. The van der Waals surface area contributed by atoms with Gasteiger partial charge in [-0.3, -0.25) is 19.6 Å². The van der Waals surface area contributed by atoms with E-state index in [0.717, 1.165) is 62.3 Å². The molecule has 1 fully saturated rings. The molecular formula is C35H41ClN4O5S. The number of Topliss-reactive ketones (excluding diaryl/α,β-unsaturated/α-hetero) is 1. The van der Waals surface area contributed by atoms with Gasteiger partial charge in [0.1, 0.15) is 24.2 Å². The maximum atomic E-state index is 12.9. The highest BCUT2D eigenvalue weighted by Crippen LogP contribution is 2.34. The van der Waals surface area contributed by atoms with E-state index in [2.05, 4.69) is 31.9 Å². The third-order valence-corrected chi connectivity index (χ3v) is 8.99. The molecule has 2 aliphatic rings. The van der Waals surface area contributed by atoms with Crippen LogP contribution in [0.3, 0.4) is 0 Å². The quantitative estimate of drug-likeness (QED) is 0.177. The van der Waals surface area contributed by atoms with E-state index in [1.165, 1.54) is 12.0 Å². The molecule has 0 spiro atoms. The molecule has 2 aliphatic heterocycles. The zero-order chi connectivity index (χ0) is 31.0. The van der Waals surface area contributed by atoms with Crippen LogP contribution in [-0.4, -0.2) is 69.0 Å². The summed E-state index contributed by atoms with van der Waals surface area (Å²) in [5.74, 6) is 2.07. The zero-order valence-electron chi connectivity index (χ0n) is 25.8. The van der Waals surface area contributed by atoms with Crippen molar-refractivity contribution in [2.45, 2.75) is 64.0 Å². The monoisotopic (exact) mass is 664 g/mol. The Morgan fingerprint density at radius 2 is 1.80 bits per heavy atom. The molecule has 0 amide bonds. The Labute approximate surface area is 281 Å². The van der Waals surface area contributed by atoms with Crippen LogP contribution in [0.1, 0.15) is 58.5 Å². The first kappa shape index (κ1) is 33.9. The van der Waals surface area contributed by atoms with Crippen molar-refractivity contribution in [1.82, 2.24) is 19.8 Å². The molecule has 11 heteroatoms. The number of carbonyl (C=O) groups excluding carboxylic acids is 1. The lowest BCUT2D eigenvalue weighted by Crippen LogP contribution is -2.37. The molecule has 1 N–H and O–H groups in total. The number of likely N-dealkylation sites (tertiary alicyclic amines) is 1. The van der Waals surface area contributed by atoms with E-state index in [9.17, 15) is 9.90 Å². The first-order valence-corrected chi connectivity index (χ1v) is 16.0. The van der Waals surface area contributed by atoms with Crippen molar-refractivity contribution >= 4 is 30.9 Å². The molecule has 4 aromatic rings. The molecule has 0 saturated carbocycles. The predicted molar refractivity (Wildman–Crippen MR) is 181 cm³/mol. The highest BCUT2D eigenvalue weighted by Gasteiger charge is 2.24. The molecule has 6 rings (SSSR count). The van der Waals surface area contributed by atoms with Gasteiger partial charge in [-0.15, -0.1) is 0 Å². The maximum Gasteiger partial charge on any atom is 0.181 e. The van der Waals surface area contributed by atoms with Crippen LogP contribution in [-0.2, 0) is 26.1 Å². The van der Waals surface area contributed by atoms with Gasteiger partial charge < -0.3 is 19.0 Å². The minimum Gasteiger partial charge on any atom is -0.490 e. The summed E-state index contributed by atoms with van der Waals surface area (Å²) < 4.78 is 17.3. The third-order valence-electron chi connectivity index (χ3n) is 8.57. The summed E-state index contributed by atoms with van der Waals surface area (Å²) >= 11 is 6.66. The number of β-amino-alcohol motifs (C(OH)–C–C–N with tert-alkyl or cyclic N) is 1. The van der Waals surface area contributed by atoms with E-state index < -0.39 is 6.10 Å². The zero-order valence-corrected chi connectivity index (χ0v) is 27.6. The summed E-state index contributed by atoms with van der Waals surface area (Å²) in [6.07, 6.45) is 9.65. The number of oxazole rings is 1. The van der Waals surface area contributed by atoms with Crippen molar-refractivity contribution in [1.29, 1.82) is 0 Å². The number of nitrogens with zero attached hydrogens (tertiary/aromatic N) is 4. The van der Waals surface area contributed by atoms with Gasteiger partial charge in [-0.05, 0) is 84.8 Å². The smallest absolute Gasteiger partial charge is 0.181 e. The highest BCUT2D eigenvalue weighted by atomic mass is 35.5. The summed E-state index contributed by atoms with van der Waals surface area (Å²) in [5, 5.41) is 11.4. The number of fused-ring (bicyclic) bond motifs is 1. The number of aromatic nitrogens is 2. The second-order valence-electron chi connectivity index (χ2n) is 11.8. The second kappa shape index (κ2) is 16.4. The van der Waals surface area contributed by atoms with Gasteiger partial charge in [0.25, 0.3) is 0 Å². The number of hydrogen-bond acceptors (Lipinski definition) is 9. The van der Waals surface area contributed by atoms with Gasteiger partial charge in [-0.1, -0.05) is 17.7 Å². The molecule has 0 bridgehead atoms. The number of benzene rings is 2. The molecular weight excluding hydrogens is 624 g/mol. The topological polar surface area (TPSA) is 101 Å². The van der Waals surface area contributed by atoms with Crippen LogP contribution in [0.15, 0.2) is 77.9 Å². The number of piperidine rings is 1. The fourth-order valence-corrected chi connectivity index (χ4v) is 6.39. The lowest BCUT2D eigenvalue weighted by Gasteiger charge is -2.32. The molecule has 1 atom stereocenters. The van der Waals surface area contributed by atoms with E-state index in [1.807, 2.05) is 48.8 Å². The number of ketones is 1. The third kappa shape index (κ3) is 9.11. The van der Waals surface area contributed by atoms with Gasteiger partial charge in [0.05, 0.1) is 17.3 Å². The minimum atomic E-state index is -0.595. The van der Waals surface area contributed by atoms with Gasteiger partial charge >= 0.3 is 0 Å². The van der Waals surface area contributed by atoms with Gasteiger partial charge in [0, 0.05) is 63.6 Å². The van der Waals surface area contributed by atoms with Crippen molar-refractivity contribution < 1.29 is 23.8 Å². The molecule has 0 unspecified atom stereocenters. The number of hydrogen-bond donors (Lipinski definition) is 1. The standard InChI is InChI=1S/C35H39ClN4O5.H2S/c36-35-32-13-18-40(21-27(32)3-8-34(35)43-23-31-19-38-24-44-31)22-28(41)4-7-33(42)26-1-5-29(6-2-26)45-30-11-16-39(17-12-30)20-25-9-14-37-15-10-25;/h1-3,5-6,8-10,14-15,19,24,28,30,41H,4,7,11-13,16-18,20-23H2;1H2/t28-;/m0./s1. The van der Waals surface area contributed by atoms with Crippen LogP contribution in [0.4, 0.5) is 0 Å². The number of carbonyl (C=O) groups is 1. The molecule has 1 saturated heterocycles. The number of aliphatic hydroxyl groups excluding tert-OH is 1. The van der Waals surface area contributed by atoms with Gasteiger partial charge in [0.15, 0.2) is 17.9 Å². The fourth-order valence-electron chi connectivity index (χ4n) is 6.05. The SMILES string of the molecule is O=C(CC[C@H](O)CN1CCc2c(ccc(OCc3cnco3)c2Cl)C1)c1ccc(OC2CCN(Cc3ccncc3)CC2)cc1.S. The van der Waals surface area contributed by atoms with E-state index in [4.69, 9.17) is 25.5 Å². The molecule has 0 aliphatic carbocycles. The van der Waals surface area contributed by atoms with Crippen LogP contribution in [0, 0.1) is 0 Å². The van der Waals surface area contributed by atoms with E-state index in [0.29, 0.717) is 48.0 Å². The highest BCUT2D eigenvalue weighted by molar-refractivity contribution is 7.59. The number of pyridine rings is 1. The van der Waals surface area contributed by atoms with Crippen molar-refractivity contribution in [3.05, 3.63) is 107 Å². The lowest BCUT2D eigenvalue weighted by molar-refractivity contribution is 0.0836. The number of ether oxygens (including phenoxy) is 2. The molecule has 2 aromatic carbocycles.